The highest BCUT2D eigenvalue weighted by Gasteiger charge is 2.13. The molecule has 3 N–H and O–H groups in total. The molecule has 0 heterocycles. The number of primary amides is 1. The third-order valence-corrected chi connectivity index (χ3v) is 2.99. The smallest absolute Gasteiger partial charge is 0.341 e. The minimum Gasteiger partial charge on any atom is -0.480 e. The number of carbonyl (C=O) groups excluding carboxylic acids is 1. The molecule has 0 radical (unpaired) electrons. The van der Waals surface area contributed by atoms with E-state index in [1.165, 1.54) is 18.2 Å². The summed E-state index contributed by atoms with van der Waals surface area (Å²) < 4.78 is 4.92. The van der Waals surface area contributed by atoms with Crippen LogP contribution in [0.5, 0.6) is 5.75 Å². The summed E-state index contributed by atoms with van der Waals surface area (Å²) in [6, 6.07) is 4.42. The predicted octanol–water partition coefficient (Wildman–Crippen LogP) is 1.85. The van der Waals surface area contributed by atoms with Crippen molar-refractivity contribution in [1.82, 2.24) is 0 Å². The quantitative estimate of drug-likeness (QED) is 0.636. The van der Waals surface area contributed by atoms with Gasteiger partial charge < -0.3 is 15.6 Å². The van der Waals surface area contributed by atoms with E-state index in [2.05, 4.69) is 0 Å². The molecule has 1 amide bonds. The number of ether oxygens (including phenoxy) is 1. The van der Waals surface area contributed by atoms with E-state index < -0.39 is 18.5 Å². The second-order valence-corrected chi connectivity index (χ2v) is 4.25. The monoisotopic (exact) mass is 314 g/mol. The number of benzene rings is 1. The van der Waals surface area contributed by atoms with Crippen LogP contribution in [0.2, 0.25) is 10.0 Å². The molecule has 0 aliphatic carbocycles. The van der Waals surface area contributed by atoms with Crippen LogP contribution in [0.15, 0.2) is 17.7 Å². The molecule has 0 saturated carbocycles. The lowest BCUT2D eigenvalue weighted by Crippen LogP contribution is -2.12. The number of nitrogens with zero attached hydrogens (tertiary/aromatic N) is 1. The van der Waals surface area contributed by atoms with Crippen molar-refractivity contribution >= 4 is 41.2 Å². The van der Waals surface area contributed by atoms with Crippen molar-refractivity contribution in [2.45, 2.75) is 0 Å². The van der Waals surface area contributed by atoms with Crippen LogP contribution in [0.4, 0.5) is 0 Å². The Labute approximate surface area is 124 Å². The fourth-order valence-electron chi connectivity index (χ4n) is 1.22. The molecule has 0 aliphatic heterocycles. The molecule has 8 heteroatoms. The fourth-order valence-corrected chi connectivity index (χ4v) is 1.66. The summed E-state index contributed by atoms with van der Waals surface area (Å²) in [5.41, 5.74) is 5.00. The van der Waals surface area contributed by atoms with Gasteiger partial charge in [0.1, 0.15) is 22.4 Å². The zero-order chi connectivity index (χ0) is 15.3. The van der Waals surface area contributed by atoms with Gasteiger partial charge in [0.25, 0.3) is 5.91 Å². The summed E-state index contributed by atoms with van der Waals surface area (Å²) in [5.74, 6) is -1.98. The van der Waals surface area contributed by atoms with Crippen molar-refractivity contribution in [2.24, 2.45) is 5.73 Å². The number of carbonyl (C=O) groups is 2. The molecule has 0 atom stereocenters. The van der Waals surface area contributed by atoms with Crippen molar-refractivity contribution in [1.29, 1.82) is 5.26 Å². The second kappa shape index (κ2) is 6.80. The lowest BCUT2D eigenvalue weighted by molar-refractivity contribution is -0.139. The van der Waals surface area contributed by atoms with Gasteiger partial charge in [0, 0.05) is 0 Å². The Morgan fingerprint density at radius 1 is 1.40 bits per heavy atom. The Morgan fingerprint density at radius 3 is 2.55 bits per heavy atom. The molecule has 0 aliphatic rings. The van der Waals surface area contributed by atoms with Gasteiger partial charge in [-0.15, -0.1) is 0 Å². The van der Waals surface area contributed by atoms with Gasteiger partial charge in [-0.2, -0.15) is 5.26 Å². The Hall–Kier alpha value is -2.23. The van der Waals surface area contributed by atoms with Crippen LogP contribution in [0.1, 0.15) is 5.56 Å². The first-order valence-electron chi connectivity index (χ1n) is 5.11. The number of hydrogen-bond acceptors (Lipinski definition) is 4. The number of amides is 1. The molecule has 104 valence electrons. The number of halogens is 2. The Balaban J connectivity index is 3.15. The molecule has 0 fully saturated rings. The van der Waals surface area contributed by atoms with E-state index in [1.54, 1.807) is 6.07 Å². The molecule has 6 nitrogen and oxygen atoms in total. The number of aliphatic carboxylic acids is 1. The van der Waals surface area contributed by atoms with Gasteiger partial charge in [0.15, 0.2) is 6.61 Å². The molecule has 0 saturated heterocycles. The van der Waals surface area contributed by atoms with Crippen LogP contribution >= 0.6 is 23.2 Å². The second-order valence-electron chi connectivity index (χ2n) is 3.50. The minimum absolute atomic E-state index is 0.0172. The Kier molecular flexibility index (Phi) is 5.38. The van der Waals surface area contributed by atoms with Crippen LogP contribution in [0, 0.1) is 11.3 Å². The number of nitriles is 1. The van der Waals surface area contributed by atoms with Gasteiger partial charge in [0.2, 0.25) is 0 Å². The summed E-state index contributed by atoms with van der Waals surface area (Å²) in [4.78, 5) is 21.3. The molecule has 20 heavy (non-hydrogen) atoms. The number of rotatable bonds is 5. The van der Waals surface area contributed by atoms with Crippen LogP contribution in [-0.4, -0.2) is 23.6 Å². The first kappa shape index (κ1) is 15.8. The van der Waals surface area contributed by atoms with Gasteiger partial charge in [-0.3, -0.25) is 4.79 Å². The number of carboxylic acids is 1. The summed E-state index contributed by atoms with van der Waals surface area (Å²) >= 11 is 11.9. The standard InChI is InChI=1S/C12H8Cl2N2O4/c13-10-6(3-7(4-15)12(16)19)1-2-8(11(10)14)20-5-9(17)18/h1-3H,5H2,(H2,16,19)(H,17,18)/b7-3+. The topological polar surface area (TPSA) is 113 Å². The van der Waals surface area contributed by atoms with E-state index in [0.29, 0.717) is 0 Å². The molecule has 1 rings (SSSR count). The van der Waals surface area contributed by atoms with Crippen molar-refractivity contribution in [2.75, 3.05) is 6.61 Å². The first-order chi connectivity index (χ1) is 9.36. The fraction of sp³-hybridized carbons (Fsp3) is 0.0833. The van der Waals surface area contributed by atoms with Crippen molar-refractivity contribution in [3.8, 4) is 11.8 Å². The van der Waals surface area contributed by atoms with E-state index in [9.17, 15) is 9.59 Å². The van der Waals surface area contributed by atoms with Crippen molar-refractivity contribution < 1.29 is 19.4 Å². The maximum Gasteiger partial charge on any atom is 0.341 e. The van der Waals surface area contributed by atoms with Gasteiger partial charge in [-0.05, 0) is 23.8 Å². The summed E-state index contributed by atoms with van der Waals surface area (Å²) in [7, 11) is 0. The zero-order valence-corrected chi connectivity index (χ0v) is 11.4. The van der Waals surface area contributed by atoms with E-state index in [1.807, 2.05) is 0 Å². The highest BCUT2D eigenvalue weighted by atomic mass is 35.5. The molecule has 0 unspecified atom stereocenters. The maximum atomic E-state index is 10.9. The van der Waals surface area contributed by atoms with E-state index >= 15 is 0 Å². The minimum atomic E-state index is -1.17. The molecular formula is C12H8Cl2N2O4. The van der Waals surface area contributed by atoms with Gasteiger partial charge in [-0.1, -0.05) is 23.2 Å². The first-order valence-corrected chi connectivity index (χ1v) is 5.86. The maximum absolute atomic E-state index is 10.9. The van der Waals surface area contributed by atoms with Crippen molar-refractivity contribution in [3.05, 3.63) is 33.3 Å². The largest absolute Gasteiger partial charge is 0.480 e. The zero-order valence-electron chi connectivity index (χ0n) is 9.89. The average molecular weight is 315 g/mol. The van der Waals surface area contributed by atoms with Crippen LogP contribution in [0.3, 0.4) is 0 Å². The van der Waals surface area contributed by atoms with E-state index in [0.717, 1.165) is 0 Å². The lowest BCUT2D eigenvalue weighted by atomic mass is 10.1. The predicted molar refractivity (Wildman–Crippen MR) is 72.4 cm³/mol. The SMILES string of the molecule is N#C/C(=C\c1ccc(OCC(=O)O)c(Cl)c1Cl)C(N)=O. The van der Waals surface area contributed by atoms with Crippen LogP contribution < -0.4 is 10.5 Å². The molecular weight excluding hydrogens is 307 g/mol. The normalized spacial score (nSPS) is 10.8. The number of carboxylic acid groups (broad SMARTS) is 1. The summed E-state index contributed by atoms with van der Waals surface area (Å²) in [6.07, 6.45) is 1.18. The van der Waals surface area contributed by atoms with Crippen molar-refractivity contribution in [3.63, 3.8) is 0 Å². The Morgan fingerprint density at radius 2 is 2.05 bits per heavy atom. The molecule has 0 spiro atoms. The third-order valence-electron chi connectivity index (χ3n) is 2.11. The lowest BCUT2D eigenvalue weighted by Gasteiger charge is -2.09. The molecule has 1 aromatic carbocycles. The highest BCUT2D eigenvalue weighted by Crippen LogP contribution is 2.35. The van der Waals surface area contributed by atoms with Crippen LogP contribution in [-0.2, 0) is 9.59 Å². The van der Waals surface area contributed by atoms with E-state index in [-0.39, 0.29) is 26.9 Å². The molecule has 1 aromatic rings. The highest BCUT2D eigenvalue weighted by molar-refractivity contribution is 6.43. The van der Waals surface area contributed by atoms with Gasteiger partial charge >= 0.3 is 5.97 Å². The number of nitrogens with two attached hydrogens (primary N) is 1. The van der Waals surface area contributed by atoms with Crippen LogP contribution in [0.25, 0.3) is 6.08 Å². The van der Waals surface area contributed by atoms with Gasteiger partial charge in [0.05, 0.1) is 5.02 Å². The molecule has 0 bridgehead atoms. The third kappa shape index (κ3) is 3.88. The Bertz CT molecular complexity index is 635. The molecule has 0 aromatic heterocycles. The van der Waals surface area contributed by atoms with E-state index in [4.69, 9.17) is 44.0 Å². The number of hydrogen-bond donors (Lipinski definition) is 2. The average Bonchev–Trinajstić information content (AvgIpc) is 2.38. The van der Waals surface area contributed by atoms with Gasteiger partial charge in [-0.25, -0.2) is 4.79 Å². The summed E-state index contributed by atoms with van der Waals surface area (Å²) in [6.45, 7) is -0.573. The summed E-state index contributed by atoms with van der Waals surface area (Å²) in [5, 5.41) is 17.2.